The van der Waals surface area contributed by atoms with E-state index in [4.69, 9.17) is 0 Å². The molecule has 1 N–H and O–H groups in total. The molecule has 1 aliphatic heterocycles. The Bertz CT molecular complexity index is 1270. The topological polar surface area (TPSA) is 69.7 Å². The van der Waals surface area contributed by atoms with Crippen LogP contribution in [0.25, 0.3) is 10.4 Å². The van der Waals surface area contributed by atoms with E-state index in [1.54, 1.807) is 18.0 Å². The van der Waals surface area contributed by atoms with Gasteiger partial charge in [0, 0.05) is 24.4 Å². The number of amides is 3. The van der Waals surface area contributed by atoms with Crippen LogP contribution < -0.4 is 10.2 Å². The third kappa shape index (κ3) is 3.93. The second kappa shape index (κ2) is 8.48. The number of benzene rings is 2. The summed E-state index contributed by atoms with van der Waals surface area (Å²) in [5.41, 5.74) is 4.98. The molecule has 0 saturated carbocycles. The summed E-state index contributed by atoms with van der Waals surface area (Å²) in [6.45, 7) is 1.79. The zero-order valence-corrected chi connectivity index (χ0v) is 19.4. The first kappa shape index (κ1) is 21.4. The number of carbonyl (C=O) groups excluding carboxylic acids is 3. The molecule has 2 aromatic carbocycles. The van der Waals surface area contributed by atoms with Crippen LogP contribution in [0.2, 0.25) is 0 Å². The first-order valence-corrected chi connectivity index (χ1v) is 11.9. The number of thiophene rings is 1. The van der Waals surface area contributed by atoms with E-state index in [1.807, 2.05) is 43.3 Å². The molecule has 3 amide bonds. The molecule has 1 aliphatic carbocycles. The van der Waals surface area contributed by atoms with Crippen molar-refractivity contribution >= 4 is 40.4 Å². The number of rotatable bonds is 3. The molecule has 0 radical (unpaired) electrons. The van der Waals surface area contributed by atoms with Gasteiger partial charge in [0.25, 0.3) is 5.91 Å². The summed E-state index contributed by atoms with van der Waals surface area (Å²) in [5, 5.41) is 2.86. The van der Waals surface area contributed by atoms with Gasteiger partial charge in [-0.15, -0.1) is 11.3 Å². The highest BCUT2D eigenvalue weighted by Crippen LogP contribution is 2.40. The molecular formula is C26H25N3O3S. The molecule has 1 aromatic heterocycles. The average Bonchev–Trinajstić information content (AvgIpc) is 3.19. The molecule has 2 aliphatic rings. The maximum atomic E-state index is 13.3. The van der Waals surface area contributed by atoms with E-state index < -0.39 is 0 Å². The largest absolute Gasteiger partial charge is 0.332 e. The van der Waals surface area contributed by atoms with E-state index in [-0.39, 0.29) is 36.7 Å². The highest BCUT2D eigenvalue weighted by atomic mass is 32.1. The zero-order valence-electron chi connectivity index (χ0n) is 18.6. The molecule has 6 nitrogen and oxygen atoms in total. The number of fused-ring (bicyclic) bond motifs is 4. The summed E-state index contributed by atoms with van der Waals surface area (Å²) >= 11 is 1.50. The van der Waals surface area contributed by atoms with Crippen LogP contribution in [0, 0.1) is 0 Å². The minimum atomic E-state index is -0.310. The second-order valence-corrected chi connectivity index (χ2v) is 9.72. The monoisotopic (exact) mass is 459 g/mol. The lowest BCUT2D eigenvalue weighted by atomic mass is 9.91. The van der Waals surface area contributed by atoms with Gasteiger partial charge in [0.15, 0.2) is 0 Å². The molecular weight excluding hydrogens is 434 g/mol. The average molecular weight is 460 g/mol. The van der Waals surface area contributed by atoms with Crippen LogP contribution in [0.1, 0.15) is 34.1 Å². The van der Waals surface area contributed by atoms with Gasteiger partial charge in [0.2, 0.25) is 11.8 Å². The number of nitrogens with one attached hydrogen (secondary N) is 1. The van der Waals surface area contributed by atoms with Crippen LogP contribution >= 0.6 is 11.3 Å². The van der Waals surface area contributed by atoms with Gasteiger partial charge in [0.1, 0.15) is 6.54 Å². The van der Waals surface area contributed by atoms with Crippen molar-refractivity contribution in [3.8, 4) is 10.4 Å². The molecule has 33 heavy (non-hydrogen) atoms. The normalized spacial score (nSPS) is 16.7. The first-order chi connectivity index (χ1) is 15.9. The van der Waals surface area contributed by atoms with Gasteiger partial charge in [-0.25, -0.2) is 0 Å². The summed E-state index contributed by atoms with van der Waals surface area (Å²) in [7, 11) is 1.66. The summed E-state index contributed by atoms with van der Waals surface area (Å²) in [5.74, 6) is -0.502. The van der Waals surface area contributed by atoms with Crippen LogP contribution in [0.4, 0.5) is 11.4 Å². The number of likely N-dealkylation sites (N-methyl/N-ethyl adjacent to an activating group) is 1. The summed E-state index contributed by atoms with van der Waals surface area (Å²) < 4.78 is 0. The second-order valence-electron chi connectivity index (χ2n) is 8.67. The molecule has 1 atom stereocenters. The lowest BCUT2D eigenvalue weighted by Crippen LogP contribution is -2.45. The zero-order chi connectivity index (χ0) is 23.1. The first-order valence-electron chi connectivity index (χ1n) is 11.1. The molecule has 0 fully saturated rings. The predicted octanol–water partition coefficient (Wildman–Crippen LogP) is 4.35. The van der Waals surface area contributed by atoms with Crippen LogP contribution in [0.5, 0.6) is 0 Å². The smallest absolute Gasteiger partial charge is 0.264 e. The maximum absolute atomic E-state index is 13.3. The van der Waals surface area contributed by atoms with Gasteiger partial charge in [-0.3, -0.25) is 14.4 Å². The maximum Gasteiger partial charge on any atom is 0.264 e. The van der Waals surface area contributed by atoms with Crippen molar-refractivity contribution in [2.45, 2.75) is 32.2 Å². The third-order valence-electron chi connectivity index (χ3n) is 6.29. The fourth-order valence-corrected chi connectivity index (χ4v) is 5.95. The van der Waals surface area contributed by atoms with Crippen LogP contribution in [-0.4, -0.2) is 42.3 Å². The highest BCUT2D eigenvalue weighted by Gasteiger charge is 2.31. The summed E-state index contributed by atoms with van der Waals surface area (Å²) in [4.78, 5) is 43.7. The Morgan fingerprint density at radius 2 is 1.82 bits per heavy atom. The number of carbonyl (C=O) groups is 3. The number of para-hydroxylation sites is 2. The molecule has 0 unspecified atom stereocenters. The van der Waals surface area contributed by atoms with E-state index in [0.717, 1.165) is 17.7 Å². The lowest BCUT2D eigenvalue weighted by molar-refractivity contribution is -0.119. The van der Waals surface area contributed by atoms with Crippen LogP contribution in [0.3, 0.4) is 0 Å². The van der Waals surface area contributed by atoms with Gasteiger partial charge in [0.05, 0.1) is 16.3 Å². The summed E-state index contributed by atoms with van der Waals surface area (Å²) in [6, 6.07) is 17.3. The Labute approximate surface area is 196 Å². The van der Waals surface area contributed by atoms with Gasteiger partial charge in [-0.05, 0) is 54.7 Å². The van der Waals surface area contributed by atoms with Crippen molar-refractivity contribution in [3.05, 3.63) is 70.6 Å². The van der Waals surface area contributed by atoms with E-state index in [1.165, 1.54) is 32.9 Å². The van der Waals surface area contributed by atoms with Crippen LogP contribution in [-0.2, 0) is 22.4 Å². The number of hydrogen-bond donors (Lipinski definition) is 1. The van der Waals surface area contributed by atoms with E-state index in [9.17, 15) is 14.4 Å². The standard InChI is InChI=1S/C26H25N3O3S/c1-16-13-23(30)27-20-9-5-6-10-21(20)29(16)24(31)15-28(2)26(32)22-14-18-12-11-17-7-3-4-8-19(17)25(18)33-22/h3-10,14,16H,11-13,15H2,1-2H3,(H,27,30)/t16-/m0/s1. The molecule has 0 bridgehead atoms. The van der Waals surface area contributed by atoms with E-state index in [0.29, 0.717) is 16.3 Å². The number of aryl methyl sites for hydroxylation is 2. The molecule has 0 spiro atoms. The Morgan fingerprint density at radius 1 is 1.09 bits per heavy atom. The molecule has 2 heterocycles. The lowest BCUT2D eigenvalue weighted by Gasteiger charge is -2.29. The molecule has 3 aromatic rings. The third-order valence-corrected chi connectivity index (χ3v) is 7.49. The molecule has 5 rings (SSSR count). The highest BCUT2D eigenvalue weighted by molar-refractivity contribution is 7.17. The van der Waals surface area contributed by atoms with Gasteiger partial charge in [-0.1, -0.05) is 36.4 Å². The van der Waals surface area contributed by atoms with Crippen molar-refractivity contribution in [2.75, 3.05) is 23.8 Å². The molecule has 168 valence electrons. The van der Waals surface area contributed by atoms with Crippen molar-refractivity contribution in [1.82, 2.24) is 4.90 Å². The minimum absolute atomic E-state index is 0.0646. The Balaban J connectivity index is 1.37. The molecule has 7 heteroatoms. The van der Waals surface area contributed by atoms with Crippen molar-refractivity contribution < 1.29 is 14.4 Å². The van der Waals surface area contributed by atoms with Crippen molar-refractivity contribution in [3.63, 3.8) is 0 Å². The summed E-state index contributed by atoms with van der Waals surface area (Å²) in [6.07, 6.45) is 2.10. The number of hydrogen-bond acceptors (Lipinski definition) is 4. The van der Waals surface area contributed by atoms with Crippen LogP contribution in [0.15, 0.2) is 54.6 Å². The number of nitrogens with zero attached hydrogens (tertiary/aromatic N) is 2. The van der Waals surface area contributed by atoms with Gasteiger partial charge >= 0.3 is 0 Å². The number of anilines is 2. The van der Waals surface area contributed by atoms with Crippen molar-refractivity contribution in [2.24, 2.45) is 0 Å². The fourth-order valence-electron chi connectivity index (χ4n) is 4.68. The fraction of sp³-hybridized carbons (Fsp3) is 0.269. The quantitative estimate of drug-likeness (QED) is 0.633. The minimum Gasteiger partial charge on any atom is -0.332 e. The van der Waals surface area contributed by atoms with Gasteiger partial charge in [-0.2, -0.15) is 0 Å². The predicted molar refractivity (Wildman–Crippen MR) is 131 cm³/mol. The van der Waals surface area contributed by atoms with Crippen molar-refractivity contribution in [1.29, 1.82) is 0 Å². The molecule has 0 saturated heterocycles. The van der Waals surface area contributed by atoms with Gasteiger partial charge < -0.3 is 15.1 Å². The van der Waals surface area contributed by atoms with E-state index in [2.05, 4.69) is 17.4 Å². The Kier molecular flexibility index (Phi) is 5.50. The Morgan fingerprint density at radius 3 is 2.67 bits per heavy atom. The SMILES string of the molecule is C[C@H]1CC(=O)Nc2ccccc2N1C(=O)CN(C)C(=O)c1cc2c(s1)-c1ccccc1CC2. The Hall–Kier alpha value is -3.45. The van der Waals surface area contributed by atoms with E-state index >= 15 is 0 Å².